The van der Waals surface area contributed by atoms with Crippen LogP contribution in [0.2, 0.25) is 5.02 Å². The van der Waals surface area contributed by atoms with Gasteiger partial charge in [0.2, 0.25) is 11.8 Å². The molecule has 3 aromatic rings. The molecule has 38 heavy (non-hydrogen) atoms. The van der Waals surface area contributed by atoms with Crippen LogP contribution in [0, 0.1) is 5.92 Å². The molecule has 0 radical (unpaired) electrons. The van der Waals surface area contributed by atoms with E-state index in [2.05, 4.69) is 15.5 Å². The van der Waals surface area contributed by atoms with Gasteiger partial charge in [0.1, 0.15) is 0 Å². The quantitative estimate of drug-likeness (QED) is 0.231. The lowest BCUT2D eigenvalue weighted by atomic mass is 9.90. The van der Waals surface area contributed by atoms with Gasteiger partial charge < -0.3 is 21.5 Å². The van der Waals surface area contributed by atoms with Crippen LogP contribution in [0.1, 0.15) is 37.4 Å². The summed E-state index contributed by atoms with van der Waals surface area (Å²) in [4.78, 5) is 27.9. The molecule has 1 heterocycles. The maximum absolute atomic E-state index is 13.4. The number of nitrogens with zero attached hydrogens (tertiary/aromatic N) is 1. The fourth-order valence-electron chi connectivity index (χ4n) is 4.78. The van der Waals surface area contributed by atoms with Crippen LogP contribution in [-0.2, 0) is 9.59 Å². The first-order valence-electron chi connectivity index (χ1n) is 12.6. The molecule has 1 saturated heterocycles. The zero-order valence-corrected chi connectivity index (χ0v) is 22.3. The van der Waals surface area contributed by atoms with Gasteiger partial charge in [-0.3, -0.25) is 14.5 Å². The van der Waals surface area contributed by atoms with Gasteiger partial charge in [-0.15, -0.1) is 0 Å². The van der Waals surface area contributed by atoms with Gasteiger partial charge in [0, 0.05) is 34.9 Å². The number of hydrogen-bond acceptors (Lipinski definition) is 5. The first-order valence-corrected chi connectivity index (χ1v) is 12.9. The molecule has 0 spiro atoms. The summed E-state index contributed by atoms with van der Waals surface area (Å²) in [5.41, 5.74) is 8.96. The van der Waals surface area contributed by atoms with E-state index < -0.39 is 5.54 Å². The van der Waals surface area contributed by atoms with E-state index in [0.717, 1.165) is 11.1 Å². The fourth-order valence-corrected chi connectivity index (χ4v) is 4.90. The molecular weight excluding hydrogens is 500 g/mol. The molecule has 1 unspecified atom stereocenters. The number of aliphatic hydroxyl groups excluding tert-OH is 1. The van der Waals surface area contributed by atoms with Crippen molar-refractivity contribution in [1.29, 1.82) is 0 Å². The predicted molar refractivity (Wildman–Crippen MR) is 154 cm³/mol. The van der Waals surface area contributed by atoms with Crippen molar-refractivity contribution in [3.05, 3.63) is 95.0 Å². The zero-order chi connectivity index (χ0) is 27.3. The Hall–Kier alpha value is -3.65. The van der Waals surface area contributed by atoms with Crippen LogP contribution in [0.15, 0.2) is 78.9 Å². The van der Waals surface area contributed by atoms with Crippen molar-refractivity contribution in [3.63, 3.8) is 0 Å². The average Bonchev–Trinajstić information content (AvgIpc) is 3.37. The van der Waals surface area contributed by atoms with Crippen LogP contribution in [0.3, 0.4) is 0 Å². The van der Waals surface area contributed by atoms with E-state index in [-0.39, 0.29) is 30.4 Å². The van der Waals surface area contributed by atoms with Crippen LogP contribution in [0.5, 0.6) is 0 Å². The number of halogens is 1. The number of carbonyl (C=O) groups excluding carboxylic acids is 2. The first-order chi connectivity index (χ1) is 18.2. The highest BCUT2D eigenvalue weighted by molar-refractivity contribution is 6.30. The smallest absolute Gasteiger partial charge is 0.248 e. The van der Waals surface area contributed by atoms with Crippen molar-refractivity contribution in [1.82, 2.24) is 4.90 Å². The van der Waals surface area contributed by atoms with Crippen LogP contribution in [0.4, 0.5) is 17.1 Å². The topological polar surface area (TPSA) is 108 Å². The number of nitrogen functional groups attached to an aromatic ring is 1. The molecule has 4 rings (SSSR count). The Morgan fingerprint density at radius 1 is 1.05 bits per heavy atom. The number of aliphatic hydroxyl groups is 1. The standard InChI is InChI=1S/C30H33ClN4O3/c1-30(2,19-36)35-18-17-24(29(38)33-23-14-12-22(31)13-15-23)28(35)21-10-7-20(8-11-21)9-16-27(37)34-26-6-4-3-5-25(26)32/h3-16,24,28,36H,17-19,32H2,1-2H3,(H,33,38)(H,34,37)/t24-,28?/m0/s1. The number of rotatable bonds is 8. The monoisotopic (exact) mass is 532 g/mol. The summed E-state index contributed by atoms with van der Waals surface area (Å²) in [6.07, 6.45) is 3.85. The third kappa shape index (κ3) is 6.42. The number of hydrogen-bond donors (Lipinski definition) is 4. The number of benzene rings is 3. The Morgan fingerprint density at radius 2 is 1.74 bits per heavy atom. The number of nitrogens with one attached hydrogen (secondary N) is 2. The molecule has 0 bridgehead atoms. The number of nitrogens with two attached hydrogens (primary N) is 1. The summed E-state index contributed by atoms with van der Waals surface area (Å²) in [5, 5.41) is 16.5. The summed E-state index contributed by atoms with van der Waals surface area (Å²) in [6, 6.07) is 21.7. The number of anilines is 3. The van der Waals surface area contributed by atoms with Crippen LogP contribution < -0.4 is 16.4 Å². The predicted octanol–water partition coefficient (Wildman–Crippen LogP) is 5.35. The molecule has 198 valence electrons. The molecule has 1 aliphatic rings. The largest absolute Gasteiger partial charge is 0.397 e. The van der Waals surface area contributed by atoms with E-state index in [1.165, 1.54) is 6.08 Å². The minimum absolute atomic E-state index is 0.0309. The second-order valence-corrected chi connectivity index (χ2v) is 10.5. The molecule has 0 saturated carbocycles. The van der Waals surface area contributed by atoms with Gasteiger partial charge in [0.15, 0.2) is 0 Å². The van der Waals surface area contributed by atoms with Gasteiger partial charge in [0.25, 0.3) is 0 Å². The van der Waals surface area contributed by atoms with Gasteiger partial charge in [-0.2, -0.15) is 0 Å². The summed E-state index contributed by atoms with van der Waals surface area (Å²) in [5.74, 6) is -0.660. The lowest BCUT2D eigenvalue weighted by molar-refractivity contribution is -0.121. The Morgan fingerprint density at radius 3 is 2.39 bits per heavy atom. The number of para-hydroxylation sites is 2. The van der Waals surface area contributed by atoms with E-state index >= 15 is 0 Å². The Balaban J connectivity index is 1.51. The maximum Gasteiger partial charge on any atom is 0.248 e. The Bertz CT molecular complexity index is 1310. The lowest BCUT2D eigenvalue weighted by Gasteiger charge is -2.40. The van der Waals surface area contributed by atoms with Gasteiger partial charge in [-0.1, -0.05) is 48.0 Å². The first kappa shape index (κ1) is 27.4. The number of amides is 2. The summed E-state index contributed by atoms with van der Waals surface area (Å²) >= 11 is 5.98. The fraction of sp³-hybridized carbons (Fsp3) is 0.267. The summed E-state index contributed by atoms with van der Waals surface area (Å²) in [7, 11) is 0. The molecule has 5 N–H and O–H groups in total. The summed E-state index contributed by atoms with van der Waals surface area (Å²) < 4.78 is 0. The third-order valence-electron chi connectivity index (χ3n) is 6.93. The Kier molecular flexibility index (Phi) is 8.52. The average molecular weight is 533 g/mol. The minimum Gasteiger partial charge on any atom is -0.397 e. The van der Waals surface area contributed by atoms with E-state index in [1.807, 2.05) is 44.2 Å². The highest BCUT2D eigenvalue weighted by Crippen LogP contribution is 2.42. The van der Waals surface area contributed by atoms with Crippen LogP contribution in [-0.4, -0.2) is 40.5 Å². The SMILES string of the molecule is CC(C)(CO)N1CC[C@H](C(=O)Nc2ccc(Cl)cc2)C1c1ccc(C=CC(=O)Nc2ccccc2N)cc1. The molecule has 2 atom stereocenters. The van der Waals surface area contributed by atoms with Gasteiger partial charge >= 0.3 is 0 Å². The molecule has 1 fully saturated rings. The number of carbonyl (C=O) groups is 2. The molecule has 3 aromatic carbocycles. The second-order valence-electron chi connectivity index (χ2n) is 10.1. The van der Waals surface area contributed by atoms with Crippen molar-refractivity contribution in [2.24, 2.45) is 5.92 Å². The van der Waals surface area contributed by atoms with Crippen molar-refractivity contribution >= 4 is 46.6 Å². The van der Waals surface area contributed by atoms with Crippen molar-refractivity contribution in [2.75, 3.05) is 29.5 Å². The minimum atomic E-state index is -0.504. The van der Waals surface area contributed by atoms with Gasteiger partial charge in [0.05, 0.1) is 23.9 Å². The van der Waals surface area contributed by atoms with E-state index in [1.54, 1.807) is 48.5 Å². The molecule has 8 heteroatoms. The number of likely N-dealkylation sites (tertiary alicyclic amines) is 1. The third-order valence-corrected chi connectivity index (χ3v) is 7.19. The highest BCUT2D eigenvalue weighted by Gasteiger charge is 2.45. The molecular formula is C30H33ClN4O3. The summed E-state index contributed by atoms with van der Waals surface area (Å²) in [6.45, 7) is 4.61. The second kappa shape index (κ2) is 11.8. The van der Waals surface area contributed by atoms with Crippen LogP contribution in [0.25, 0.3) is 6.08 Å². The molecule has 1 aliphatic heterocycles. The normalized spacial score (nSPS) is 18.0. The zero-order valence-electron chi connectivity index (χ0n) is 21.5. The maximum atomic E-state index is 13.4. The molecule has 0 aromatic heterocycles. The molecule has 2 amide bonds. The van der Waals surface area contributed by atoms with E-state index in [9.17, 15) is 14.7 Å². The van der Waals surface area contributed by atoms with Crippen LogP contribution >= 0.6 is 11.6 Å². The molecule has 7 nitrogen and oxygen atoms in total. The van der Waals surface area contributed by atoms with Gasteiger partial charge in [-0.05, 0) is 73.9 Å². The lowest BCUT2D eigenvalue weighted by Crippen LogP contribution is -2.47. The van der Waals surface area contributed by atoms with Crippen molar-refractivity contribution in [2.45, 2.75) is 31.8 Å². The van der Waals surface area contributed by atoms with E-state index in [4.69, 9.17) is 17.3 Å². The molecule has 0 aliphatic carbocycles. The van der Waals surface area contributed by atoms with Crippen molar-refractivity contribution < 1.29 is 14.7 Å². The van der Waals surface area contributed by atoms with E-state index in [0.29, 0.717) is 35.1 Å². The van der Waals surface area contributed by atoms with Gasteiger partial charge in [-0.25, -0.2) is 0 Å². The van der Waals surface area contributed by atoms with Crippen molar-refractivity contribution in [3.8, 4) is 0 Å². The highest BCUT2D eigenvalue weighted by atomic mass is 35.5. The Labute approximate surface area is 228 Å².